The second-order valence-electron chi connectivity index (χ2n) is 7.77. The summed E-state index contributed by atoms with van der Waals surface area (Å²) in [6.07, 6.45) is 10.4. The Kier molecular flexibility index (Phi) is 6.26. The van der Waals surface area contributed by atoms with Crippen molar-refractivity contribution < 1.29 is 4.79 Å². The molecule has 0 aliphatic carbocycles. The highest BCUT2D eigenvalue weighted by Crippen LogP contribution is 2.17. The van der Waals surface area contributed by atoms with Crippen molar-refractivity contribution in [3.63, 3.8) is 0 Å². The molecule has 0 aliphatic heterocycles. The number of carbonyl (C=O) groups is 1. The van der Waals surface area contributed by atoms with Crippen LogP contribution in [0.3, 0.4) is 0 Å². The van der Waals surface area contributed by atoms with E-state index in [1.54, 1.807) is 24.8 Å². The predicted octanol–water partition coefficient (Wildman–Crippen LogP) is 3.77. The van der Waals surface area contributed by atoms with Crippen LogP contribution in [-0.2, 0) is 17.9 Å². The largest absolute Gasteiger partial charge is 0.348 e. The highest BCUT2D eigenvalue weighted by Gasteiger charge is 2.10. The second-order valence-corrected chi connectivity index (χ2v) is 7.77. The van der Waals surface area contributed by atoms with Crippen molar-refractivity contribution in [2.45, 2.75) is 33.9 Å². The van der Waals surface area contributed by atoms with Gasteiger partial charge in [-0.3, -0.25) is 14.0 Å². The Morgan fingerprint density at radius 1 is 1.06 bits per heavy atom. The van der Waals surface area contributed by atoms with Crippen LogP contribution in [0.15, 0.2) is 67.4 Å². The number of nitrogens with one attached hydrogen (secondary N) is 1. The number of carbonyl (C=O) groups excluding carboxylic acids is 1. The van der Waals surface area contributed by atoms with Gasteiger partial charge in [0.25, 0.3) is 0 Å². The molecule has 7 nitrogen and oxygen atoms in total. The molecule has 0 fully saturated rings. The fourth-order valence-electron chi connectivity index (χ4n) is 3.45. The zero-order chi connectivity index (χ0) is 22.5. The smallest absolute Gasteiger partial charge is 0.244 e. The van der Waals surface area contributed by atoms with Gasteiger partial charge >= 0.3 is 0 Å². The van der Waals surface area contributed by atoms with Crippen LogP contribution in [0, 0.1) is 20.8 Å². The van der Waals surface area contributed by atoms with Crippen molar-refractivity contribution in [3.05, 3.63) is 101 Å². The van der Waals surface area contributed by atoms with Crippen LogP contribution in [-0.4, -0.2) is 30.2 Å². The van der Waals surface area contributed by atoms with Crippen LogP contribution in [0.25, 0.3) is 11.9 Å². The Labute approximate surface area is 187 Å². The molecule has 0 spiro atoms. The number of benzene rings is 1. The van der Waals surface area contributed by atoms with Crippen LogP contribution < -0.4 is 5.32 Å². The fourth-order valence-corrected chi connectivity index (χ4v) is 3.45. The molecule has 0 aliphatic rings. The molecule has 32 heavy (non-hydrogen) atoms. The number of aryl methyl sites for hydroxylation is 2. The van der Waals surface area contributed by atoms with Crippen LogP contribution in [0.1, 0.15) is 33.6 Å². The van der Waals surface area contributed by atoms with Gasteiger partial charge in [-0.1, -0.05) is 35.9 Å². The fraction of sp³-hybridized carbons (Fsp3) is 0.200. The summed E-state index contributed by atoms with van der Waals surface area (Å²) in [4.78, 5) is 20.8. The van der Waals surface area contributed by atoms with Gasteiger partial charge in [-0.2, -0.15) is 5.10 Å². The highest BCUT2D eigenvalue weighted by atomic mass is 16.1. The van der Waals surface area contributed by atoms with E-state index in [9.17, 15) is 4.79 Å². The average Bonchev–Trinajstić information content (AvgIpc) is 3.42. The van der Waals surface area contributed by atoms with E-state index in [0.29, 0.717) is 13.1 Å². The van der Waals surface area contributed by atoms with Crippen LogP contribution in [0.4, 0.5) is 0 Å². The molecule has 4 rings (SSSR count). The maximum absolute atomic E-state index is 12.3. The van der Waals surface area contributed by atoms with E-state index in [2.05, 4.69) is 51.6 Å². The van der Waals surface area contributed by atoms with E-state index in [1.807, 2.05) is 47.5 Å². The molecule has 1 aromatic carbocycles. The molecule has 0 radical (unpaired) electrons. The summed E-state index contributed by atoms with van der Waals surface area (Å²) in [6.45, 7) is 7.18. The summed E-state index contributed by atoms with van der Waals surface area (Å²) in [5, 5.41) is 7.55. The van der Waals surface area contributed by atoms with Crippen molar-refractivity contribution in [2.75, 3.05) is 0 Å². The Morgan fingerprint density at radius 3 is 2.53 bits per heavy atom. The summed E-state index contributed by atoms with van der Waals surface area (Å²) >= 11 is 0. The normalized spacial score (nSPS) is 11.2. The first-order valence-electron chi connectivity index (χ1n) is 10.5. The maximum atomic E-state index is 12.3. The number of rotatable bonds is 7. The molecule has 1 N–H and O–H groups in total. The van der Waals surface area contributed by atoms with Crippen molar-refractivity contribution in [2.24, 2.45) is 0 Å². The molecule has 162 valence electrons. The first-order valence-corrected chi connectivity index (χ1v) is 10.5. The third-order valence-electron chi connectivity index (χ3n) is 5.34. The molecular weight excluding hydrogens is 400 g/mol. The van der Waals surface area contributed by atoms with Gasteiger partial charge in [0.2, 0.25) is 5.91 Å². The van der Waals surface area contributed by atoms with Crippen molar-refractivity contribution in [1.29, 1.82) is 0 Å². The van der Waals surface area contributed by atoms with Crippen molar-refractivity contribution >= 4 is 12.0 Å². The summed E-state index contributed by atoms with van der Waals surface area (Å²) in [7, 11) is 0. The van der Waals surface area contributed by atoms with Crippen molar-refractivity contribution in [3.8, 4) is 5.82 Å². The van der Waals surface area contributed by atoms with Gasteiger partial charge in [0.15, 0.2) is 0 Å². The topological polar surface area (TPSA) is 77.6 Å². The Balaban J connectivity index is 1.36. The van der Waals surface area contributed by atoms with Gasteiger partial charge in [-0.05, 0) is 44.0 Å². The van der Waals surface area contributed by atoms with E-state index in [0.717, 1.165) is 28.3 Å². The lowest BCUT2D eigenvalue weighted by Gasteiger charge is -2.06. The predicted molar refractivity (Wildman–Crippen MR) is 124 cm³/mol. The number of nitrogens with zero attached hydrogens (tertiary/aromatic N) is 5. The standard InChI is InChI=1S/C25H26N6O/c1-18-4-6-21(7-5-18)16-31-20(3)23(19(2)29-31)9-11-25(32)28-15-22-8-10-24(27-14-22)30-13-12-26-17-30/h4-14,17H,15-16H2,1-3H3,(H,28,32)/b11-9+. The molecule has 3 heterocycles. The Hall–Kier alpha value is -4.00. The van der Waals surface area contributed by atoms with E-state index < -0.39 is 0 Å². The Morgan fingerprint density at radius 2 is 1.84 bits per heavy atom. The lowest BCUT2D eigenvalue weighted by molar-refractivity contribution is -0.116. The van der Waals surface area contributed by atoms with E-state index in [-0.39, 0.29) is 5.91 Å². The van der Waals surface area contributed by atoms with Crippen molar-refractivity contribution in [1.82, 2.24) is 29.6 Å². The zero-order valence-electron chi connectivity index (χ0n) is 18.5. The quantitative estimate of drug-likeness (QED) is 0.457. The van der Waals surface area contributed by atoms with Gasteiger partial charge in [0.1, 0.15) is 12.1 Å². The second kappa shape index (κ2) is 9.43. The van der Waals surface area contributed by atoms with Gasteiger partial charge in [0.05, 0.1) is 12.2 Å². The summed E-state index contributed by atoms with van der Waals surface area (Å²) in [5.74, 6) is 0.625. The molecule has 0 saturated heterocycles. The number of imidazole rings is 1. The lowest BCUT2D eigenvalue weighted by atomic mass is 10.1. The minimum Gasteiger partial charge on any atom is -0.348 e. The minimum absolute atomic E-state index is 0.159. The zero-order valence-corrected chi connectivity index (χ0v) is 18.5. The van der Waals surface area contributed by atoms with Crippen LogP contribution >= 0.6 is 0 Å². The number of hydrogen-bond acceptors (Lipinski definition) is 4. The van der Waals surface area contributed by atoms with Crippen LogP contribution in [0.2, 0.25) is 0 Å². The molecule has 3 aromatic heterocycles. The number of pyridine rings is 1. The minimum atomic E-state index is -0.159. The number of aromatic nitrogens is 5. The third kappa shape index (κ3) is 5.00. The molecule has 0 saturated carbocycles. The van der Waals surface area contributed by atoms with Crippen LogP contribution in [0.5, 0.6) is 0 Å². The maximum Gasteiger partial charge on any atom is 0.244 e. The van der Waals surface area contributed by atoms with Gasteiger partial charge in [0, 0.05) is 42.5 Å². The molecule has 0 bridgehead atoms. The van der Waals surface area contributed by atoms with E-state index in [1.165, 1.54) is 11.1 Å². The Bertz CT molecular complexity index is 1220. The molecule has 7 heteroatoms. The SMILES string of the molecule is Cc1ccc(Cn2nc(C)c(/C=C/C(=O)NCc3ccc(-n4ccnc4)nc3)c2C)cc1. The summed E-state index contributed by atoms with van der Waals surface area (Å²) in [6, 6.07) is 12.3. The third-order valence-corrected chi connectivity index (χ3v) is 5.34. The number of amides is 1. The van der Waals surface area contributed by atoms with Gasteiger partial charge in [-0.15, -0.1) is 0 Å². The molecular formula is C25H26N6O. The first-order chi connectivity index (χ1) is 15.5. The van der Waals surface area contributed by atoms with Gasteiger partial charge < -0.3 is 5.32 Å². The van der Waals surface area contributed by atoms with Gasteiger partial charge in [-0.25, -0.2) is 9.97 Å². The molecule has 4 aromatic rings. The highest BCUT2D eigenvalue weighted by molar-refractivity contribution is 5.91. The van der Waals surface area contributed by atoms with E-state index >= 15 is 0 Å². The molecule has 0 atom stereocenters. The average molecular weight is 427 g/mol. The first kappa shape index (κ1) is 21.2. The molecule has 1 amide bonds. The summed E-state index contributed by atoms with van der Waals surface area (Å²) < 4.78 is 3.81. The number of hydrogen-bond donors (Lipinski definition) is 1. The summed E-state index contributed by atoms with van der Waals surface area (Å²) in [5.41, 5.74) is 6.26. The lowest BCUT2D eigenvalue weighted by Crippen LogP contribution is -2.20. The van der Waals surface area contributed by atoms with E-state index in [4.69, 9.17) is 0 Å². The molecule has 0 unspecified atom stereocenters. The monoisotopic (exact) mass is 426 g/mol.